The van der Waals surface area contributed by atoms with Gasteiger partial charge in [-0.25, -0.2) is 0 Å². The van der Waals surface area contributed by atoms with Gasteiger partial charge in [-0.05, 0) is 30.0 Å². The van der Waals surface area contributed by atoms with Crippen LogP contribution in [-0.4, -0.2) is 13.0 Å². The van der Waals surface area contributed by atoms with Crippen molar-refractivity contribution in [2.24, 2.45) is 0 Å². The van der Waals surface area contributed by atoms with Gasteiger partial charge in [0.05, 0.1) is 6.07 Å². The number of carbonyl (C=O) groups excluding carboxylic acids is 1. The molecule has 1 aromatic rings. The summed E-state index contributed by atoms with van der Waals surface area (Å²) in [7, 11) is 1.81. The van der Waals surface area contributed by atoms with Gasteiger partial charge >= 0.3 is 0 Å². The van der Waals surface area contributed by atoms with Crippen LogP contribution in [0.25, 0.3) is 0 Å². The third kappa shape index (κ3) is 1.92. The Balaban J connectivity index is 2.27. The molecule has 0 N–H and O–H groups in total. The average molecular weight is 214 g/mol. The molecule has 16 heavy (non-hydrogen) atoms. The zero-order chi connectivity index (χ0) is 11.5. The van der Waals surface area contributed by atoms with Crippen molar-refractivity contribution in [1.29, 1.82) is 5.26 Å². The molecule has 0 spiro atoms. The second-order valence-corrected chi connectivity index (χ2v) is 4.07. The Morgan fingerprint density at radius 3 is 3.00 bits per heavy atom. The highest BCUT2D eigenvalue weighted by Gasteiger charge is 2.20. The third-order valence-corrected chi connectivity index (χ3v) is 3.01. The van der Waals surface area contributed by atoms with Crippen molar-refractivity contribution in [2.45, 2.75) is 25.7 Å². The van der Waals surface area contributed by atoms with Crippen LogP contribution in [0.4, 0.5) is 5.69 Å². The summed E-state index contributed by atoms with van der Waals surface area (Å²) in [5.41, 5.74) is 3.41. The second kappa shape index (κ2) is 4.36. The molecule has 3 nitrogen and oxygen atoms in total. The first-order valence-corrected chi connectivity index (χ1v) is 5.47. The largest absolute Gasteiger partial charge is 0.315 e. The van der Waals surface area contributed by atoms with Crippen LogP contribution in [0.2, 0.25) is 0 Å². The molecule has 0 radical (unpaired) electrons. The van der Waals surface area contributed by atoms with Crippen LogP contribution >= 0.6 is 0 Å². The number of aryl methyl sites for hydroxylation is 2. The lowest BCUT2D eigenvalue weighted by Crippen LogP contribution is -2.31. The number of rotatable bonds is 2. The minimum absolute atomic E-state index is 0.178. The van der Waals surface area contributed by atoms with Gasteiger partial charge in [0, 0.05) is 25.6 Å². The van der Waals surface area contributed by atoms with Crippen molar-refractivity contribution in [1.82, 2.24) is 0 Å². The molecule has 1 aliphatic heterocycles. The molecule has 0 bridgehead atoms. The van der Waals surface area contributed by atoms with Crippen molar-refractivity contribution in [2.75, 3.05) is 11.9 Å². The number of nitriles is 1. The summed E-state index contributed by atoms with van der Waals surface area (Å²) < 4.78 is 0. The van der Waals surface area contributed by atoms with E-state index in [0.29, 0.717) is 12.8 Å². The summed E-state index contributed by atoms with van der Waals surface area (Å²) in [4.78, 5) is 13.2. The molecule has 3 heteroatoms. The molecular weight excluding hydrogens is 200 g/mol. The number of hydrogen-bond acceptors (Lipinski definition) is 2. The minimum atomic E-state index is 0.178. The Labute approximate surface area is 95.3 Å². The Kier molecular flexibility index (Phi) is 2.91. The molecule has 1 heterocycles. The lowest BCUT2D eigenvalue weighted by molar-refractivity contribution is -0.118. The molecule has 0 aromatic heterocycles. The SMILES string of the molecule is CN1C(=O)CCc2cc(CCC#N)ccc21. The molecule has 1 aliphatic rings. The quantitative estimate of drug-likeness (QED) is 0.756. The maximum Gasteiger partial charge on any atom is 0.227 e. The molecule has 1 aromatic carbocycles. The van der Waals surface area contributed by atoms with Gasteiger partial charge in [-0.2, -0.15) is 5.26 Å². The molecule has 0 unspecified atom stereocenters. The number of fused-ring (bicyclic) bond motifs is 1. The Morgan fingerprint density at radius 1 is 1.44 bits per heavy atom. The van der Waals surface area contributed by atoms with Crippen molar-refractivity contribution >= 4 is 11.6 Å². The predicted molar refractivity (Wildman–Crippen MR) is 62.1 cm³/mol. The summed E-state index contributed by atoms with van der Waals surface area (Å²) >= 11 is 0. The van der Waals surface area contributed by atoms with Crippen LogP contribution < -0.4 is 4.90 Å². The molecule has 0 saturated heterocycles. The van der Waals surface area contributed by atoms with Crippen LogP contribution in [0, 0.1) is 11.3 Å². The van der Waals surface area contributed by atoms with E-state index in [2.05, 4.69) is 12.1 Å². The highest BCUT2D eigenvalue weighted by Crippen LogP contribution is 2.27. The van der Waals surface area contributed by atoms with Crippen LogP contribution in [0.5, 0.6) is 0 Å². The van der Waals surface area contributed by atoms with Crippen molar-refractivity contribution in [3.8, 4) is 6.07 Å². The van der Waals surface area contributed by atoms with Gasteiger partial charge in [-0.15, -0.1) is 0 Å². The zero-order valence-corrected chi connectivity index (χ0v) is 9.36. The molecule has 0 aliphatic carbocycles. The highest BCUT2D eigenvalue weighted by molar-refractivity contribution is 5.95. The molecule has 2 rings (SSSR count). The first kappa shape index (κ1) is 10.7. The maximum absolute atomic E-state index is 11.5. The van der Waals surface area contributed by atoms with E-state index in [4.69, 9.17) is 5.26 Å². The Hall–Kier alpha value is -1.82. The number of amides is 1. The standard InChI is InChI=1S/C13H14N2O/c1-15-12-6-4-10(3-2-8-14)9-11(12)5-7-13(15)16/h4,6,9H,2-3,5,7H2,1H3. The fourth-order valence-electron chi connectivity index (χ4n) is 2.07. The summed E-state index contributed by atoms with van der Waals surface area (Å²) in [5, 5.41) is 8.54. The average Bonchev–Trinajstić information content (AvgIpc) is 2.31. The van der Waals surface area contributed by atoms with Gasteiger partial charge in [0.2, 0.25) is 5.91 Å². The van der Waals surface area contributed by atoms with Gasteiger partial charge in [-0.3, -0.25) is 4.79 Å². The summed E-state index contributed by atoms with van der Waals surface area (Å²) in [5.74, 6) is 0.178. The Morgan fingerprint density at radius 2 is 2.25 bits per heavy atom. The first-order valence-electron chi connectivity index (χ1n) is 5.47. The monoisotopic (exact) mass is 214 g/mol. The minimum Gasteiger partial charge on any atom is -0.315 e. The first-order chi connectivity index (χ1) is 7.72. The Bertz CT molecular complexity index is 459. The predicted octanol–water partition coefficient (Wildman–Crippen LogP) is 2.05. The van der Waals surface area contributed by atoms with Crippen molar-refractivity contribution in [3.63, 3.8) is 0 Å². The van der Waals surface area contributed by atoms with Crippen LogP contribution in [0.3, 0.4) is 0 Å². The lowest BCUT2D eigenvalue weighted by Gasteiger charge is -2.26. The molecule has 0 atom stereocenters. The fraction of sp³-hybridized carbons (Fsp3) is 0.385. The zero-order valence-electron chi connectivity index (χ0n) is 9.36. The van der Waals surface area contributed by atoms with Crippen LogP contribution in [0.1, 0.15) is 24.0 Å². The van der Waals surface area contributed by atoms with Crippen molar-refractivity contribution in [3.05, 3.63) is 29.3 Å². The second-order valence-electron chi connectivity index (χ2n) is 4.07. The van der Waals surface area contributed by atoms with E-state index in [9.17, 15) is 4.79 Å². The molecule has 0 saturated carbocycles. The van der Waals surface area contributed by atoms with Gasteiger partial charge in [0.25, 0.3) is 0 Å². The van der Waals surface area contributed by atoms with Gasteiger partial charge in [0.15, 0.2) is 0 Å². The van der Waals surface area contributed by atoms with E-state index in [0.717, 1.165) is 18.5 Å². The molecule has 82 valence electrons. The molecule has 0 fully saturated rings. The van der Waals surface area contributed by atoms with Crippen LogP contribution in [0.15, 0.2) is 18.2 Å². The maximum atomic E-state index is 11.5. The fourth-order valence-corrected chi connectivity index (χ4v) is 2.07. The summed E-state index contributed by atoms with van der Waals surface area (Å²) in [6.07, 6.45) is 2.75. The van der Waals surface area contributed by atoms with Gasteiger partial charge in [-0.1, -0.05) is 12.1 Å². The highest BCUT2D eigenvalue weighted by atomic mass is 16.2. The summed E-state index contributed by atoms with van der Waals surface area (Å²) in [6, 6.07) is 8.26. The van der Waals surface area contributed by atoms with Crippen LogP contribution in [-0.2, 0) is 17.6 Å². The van der Waals surface area contributed by atoms with E-state index < -0.39 is 0 Å². The lowest BCUT2D eigenvalue weighted by atomic mass is 9.98. The van der Waals surface area contributed by atoms with Gasteiger partial charge in [0.1, 0.15) is 0 Å². The van der Waals surface area contributed by atoms with E-state index in [1.54, 1.807) is 4.90 Å². The normalized spacial score (nSPS) is 14.5. The summed E-state index contributed by atoms with van der Waals surface area (Å²) in [6.45, 7) is 0. The van der Waals surface area contributed by atoms with E-state index in [1.807, 2.05) is 19.2 Å². The number of nitrogens with zero attached hydrogens (tertiary/aromatic N) is 2. The van der Waals surface area contributed by atoms with E-state index >= 15 is 0 Å². The van der Waals surface area contributed by atoms with E-state index in [-0.39, 0.29) is 5.91 Å². The van der Waals surface area contributed by atoms with Gasteiger partial charge < -0.3 is 4.90 Å². The number of hydrogen-bond donors (Lipinski definition) is 0. The molecular formula is C13H14N2O. The van der Waals surface area contributed by atoms with E-state index in [1.165, 1.54) is 11.1 Å². The van der Waals surface area contributed by atoms with Crippen molar-refractivity contribution < 1.29 is 4.79 Å². The number of carbonyl (C=O) groups is 1. The number of anilines is 1. The smallest absolute Gasteiger partial charge is 0.227 e. The molecule has 1 amide bonds. The topological polar surface area (TPSA) is 44.1 Å². The number of benzene rings is 1. The third-order valence-electron chi connectivity index (χ3n) is 3.01.